The van der Waals surface area contributed by atoms with E-state index < -0.39 is 0 Å². The fraction of sp³-hybridized carbons (Fsp3) is 0.882. The molecule has 0 radical (unpaired) electrons. The lowest BCUT2D eigenvalue weighted by Crippen LogP contribution is -2.00. The Morgan fingerprint density at radius 2 is 1.47 bits per heavy atom. The Labute approximate surface area is 110 Å². The molecule has 0 aromatic rings. The zero-order valence-corrected chi connectivity index (χ0v) is 12.5. The van der Waals surface area contributed by atoms with Gasteiger partial charge in [0.1, 0.15) is 0 Å². The number of unbranched alkanes of at least 4 members (excludes halogenated alkanes) is 2. The van der Waals surface area contributed by atoms with Gasteiger partial charge in [-0.2, -0.15) is 0 Å². The molecule has 0 saturated heterocycles. The molecule has 0 rings (SSSR count). The Morgan fingerprint density at radius 3 is 2.00 bits per heavy atom. The van der Waals surface area contributed by atoms with Crippen LogP contribution in [0.3, 0.4) is 0 Å². The van der Waals surface area contributed by atoms with Crippen LogP contribution >= 0.6 is 0 Å². The van der Waals surface area contributed by atoms with Crippen LogP contribution in [-0.4, -0.2) is 0 Å². The summed E-state index contributed by atoms with van der Waals surface area (Å²) >= 11 is 0. The lowest BCUT2D eigenvalue weighted by atomic mass is 9.91. The van der Waals surface area contributed by atoms with E-state index in [-0.39, 0.29) is 0 Å². The monoisotopic (exact) mass is 238 g/mol. The van der Waals surface area contributed by atoms with Crippen molar-refractivity contribution in [2.45, 2.75) is 85.0 Å². The van der Waals surface area contributed by atoms with Crippen LogP contribution in [0.4, 0.5) is 0 Å². The van der Waals surface area contributed by atoms with E-state index in [1.54, 1.807) is 0 Å². The zero-order valence-electron chi connectivity index (χ0n) is 12.5. The van der Waals surface area contributed by atoms with E-state index in [4.69, 9.17) is 0 Å². The smallest absolute Gasteiger partial charge is 0.0236 e. The topological polar surface area (TPSA) is 0 Å². The third kappa shape index (κ3) is 9.44. The molecule has 0 bridgehead atoms. The molecular weight excluding hydrogens is 204 g/mol. The summed E-state index contributed by atoms with van der Waals surface area (Å²) in [5.41, 5.74) is 0. The van der Waals surface area contributed by atoms with E-state index in [2.05, 4.69) is 33.4 Å². The molecule has 0 heteroatoms. The van der Waals surface area contributed by atoms with Crippen molar-refractivity contribution in [1.82, 2.24) is 0 Å². The number of hydrogen-bond acceptors (Lipinski definition) is 0. The fourth-order valence-electron chi connectivity index (χ4n) is 2.64. The molecule has 0 heterocycles. The van der Waals surface area contributed by atoms with Gasteiger partial charge in [-0.25, -0.2) is 0 Å². The normalized spacial score (nSPS) is 14.5. The molecule has 2 atom stereocenters. The van der Waals surface area contributed by atoms with Crippen molar-refractivity contribution in [3.8, 4) is 0 Å². The second kappa shape index (κ2) is 12.2. The van der Waals surface area contributed by atoms with Gasteiger partial charge in [0.05, 0.1) is 0 Å². The third-order valence-electron chi connectivity index (χ3n) is 3.97. The first-order valence-electron chi connectivity index (χ1n) is 7.90. The maximum Gasteiger partial charge on any atom is -0.0236 e. The summed E-state index contributed by atoms with van der Waals surface area (Å²) in [7, 11) is 0. The highest BCUT2D eigenvalue weighted by atomic mass is 14.1. The van der Waals surface area contributed by atoms with E-state index in [1.165, 1.54) is 64.2 Å². The van der Waals surface area contributed by atoms with Gasteiger partial charge in [-0.3, -0.25) is 0 Å². The molecular formula is C17H34. The first-order valence-corrected chi connectivity index (χ1v) is 7.90. The fourth-order valence-corrected chi connectivity index (χ4v) is 2.64. The van der Waals surface area contributed by atoms with Crippen LogP contribution in [0, 0.1) is 11.8 Å². The molecule has 0 saturated carbocycles. The average Bonchev–Trinajstić information content (AvgIpc) is 2.36. The van der Waals surface area contributed by atoms with Crippen molar-refractivity contribution < 1.29 is 0 Å². The zero-order chi connectivity index (χ0) is 12.9. The van der Waals surface area contributed by atoms with E-state index in [1.807, 2.05) is 0 Å². The summed E-state index contributed by atoms with van der Waals surface area (Å²) in [5, 5.41) is 0. The van der Waals surface area contributed by atoms with Crippen molar-refractivity contribution in [2.75, 3.05) is 0 Å². The first kappa shape index (κ1) is 16.7. The van der Waals surface area contributed by atoms with Gasteiger partial charge in [0.25, 0.3) is 0 Å². The highest BCUT2D eigenvalue weighted by Crippen LogP contribution is 2.22. The van der Waals surface area contributed by atoms with Gasteiger partial charge in [0, 0.05) is 0 Å². The van der Waals surface area contributed by atoms with Crippen molar-refractivity contribution >= 4 is 0 Å². The molecule has 0 fully saturated rings. The summed E-state index contributed by atoms with van der Waals surface area (Å²) in [5.74, 6) is 1.76. The summed E-state index contributed by atoms with van der Waals surface area (Å²) in [6.45, 7) is 10.9. The molecule has 0 N–H and O–H groups in total. The largest absolute Gasteiger partial charge is 0.103 e. The summed E-state index contributed by atoms with van der Waals surface area (Å²) < 4.78 is 0. The van der Waals surface area contributed by atoms with Gasteiger partial charge in [-0.1, -0.05) is 78.2 Å². The number of hydrogen-bond donors (Lipinski definition) is 0. The average molecular weight is 238 g/mol. The Balaban J connectivity index is 3.55. The second-order valence-electron chi connectivity index (χ2n) is 5.49. The van der Waals surface area contributed by atoms with Crippen molar-refractivity contribution in [3.63, 3.8) is 0 Å². The van der Waals surface area contributed by atoms with E-state index >= 15 is 0 Å². The minimum absolute atomic E-state index is 0.774. The van der Waals surface area contributed by atoms with Gasteiger partial charge >= 0.3 is 0 Å². The van der Waals surface area contributed by atoms with Gasteiger partial charge < -0.3 is 0 Å². The predicted octanol–water partition coefficient (Wildman–Crippen LogP) is 6.37. The molecule has 2 unspecified atom stereocenters. The molecule has 0 aliphatic carbocycles. The van der Waals surface area contributed by atoms with Gasteiger partial charge in [-0.15, -0.1) is 6.58 Å². The van der Waals surface area contributed by atoms with Crippen molar-refractivity contribution in [3.05, 3.63) is 12.7 Å². The minimum atomic E-state index is 0.774. The lowest BCUT2D eigenvalue weighted by molar-refractivity contribution is 0.391. The maximum atomic E-state index is 3.95. The Morgan fingerprint density at radius 1 is 0.824 bits per heavy atom. The maximum absolute atomic E-state index is 3.95. The van der Waals surface area contributed by atoms with E-state index in [0.29, 0.717) is 0 Å². The van der Waals surface area contributed by atoms with Crippen molar-refractivity contribution in [2.24, 2.45) is 11.8 Å². The summed E-state index contributed by atoms with van der Waals surface area (Å²) in [4.78, 5) is 0. The summed E-state index contributed by atoms with van der Waals surface area (Å²) in [6, 6.07) is 0. The minimum Gasteiger partial charge on any atom is -0.103 e. The first-order chi connectivity index (χ1) is 8.28. The van der Waals surface area contributed by atoms with Crippen LogP contribution in [0.25, 0.3) is 0 Å². The summed E-state index contributed by atoms with van der Waals surface area (Å²) in [6.07, 6.45) is 16.0. The Bertz CT molecular complexity index is 159. The molecule has 0 aliphatic heterocycles. The van der Waals surface area contributed by atoms with Gasteiger partial charge in [-0.05, 0) is 24.7 Å². The number of allylic oxidation sites excluding steroid dienone is 1. The highest BCUT2D eigenvalue weighted by molar-refractivity contribution is 4.78. The molecule has 0 aromatic carbocycles. The molecule has 0 aromatic heterocycles. The second-order valence-corrected chi connectivity index (χ2v) is 5.49. The van der Waals surface area contributed by atoms with Crippen LogP contribution in [-0.2, 0) is 0 Å². The SMILES string of the molecule is C=CC(CCC)CCCCC(CC)CCCC. The molecule has 0 amide bonds. The quantitative estimate of drug-likeness (QED) is 0.274. The van der Waals surface area contributed by atoms with Gasteiger partial charge in [0.2, 0.25) is 0 Å². The van der Waals surface area contributed by atoms with E-state index in [0.717, 1.165) is 11.8 Å². The predicted molar refractivity (Wildman–Crippen MR) is 80.4 cm³/mol. The molecule has 0 spiro atoms. The Kier molecular flexibility index (Phi) is 12.0. The van der Waals surface area contributed by atoms with Crippen LogP contribution < -0.4 is 0 Å². The molecule has 17 heavy (non-hydrogen) atoms. The van der Waals surface area contributed by atoms with Crippen molar-refractivity contribution in [1.29, 1.82) is 0 Å². The van der Waals surface area contributed by atoms with Gasteiger partial charge in [0.15, 0.2) is 0 Å². The highest BCUT2D eigenvalue weighted by Gasteiger charge is 2.07. The Hall–Kier alpha value is -0.260. The lowest BCUT2D eigenvalue weighted by Gasteiger charge is -2.15. The van der Waals surface area contributed by atoms with Crippen LogP contribution in [0.2, 0.25) is 0 Å². The van der Waals surface area contributed by atoms with Crippen LogP contribution in [0.15, 0.2) is 12.7 Å². The van der Waals surface area contributed by atoms with Crippen LogP contribution in [0.1, 0.15) is 85.0 Å². The third-order valence-corrected chi connectivity index (χ3v) is 3.97. The van der Waals surface area contributed by atoms with Crippen LogP contribution in [0.5, 0.6) is 0 Å². The molecule has 0 nitrogen and oxygen atoms in total. The molecule has 0 aliphatic rings. The standard InChI is InChI=1S/C17H34/c1-5-9-13-17(8-4)15-11-10-14-16(7-3)12-6-2/h7,16-17H,3,5-6,8-15H2,1-2,4H3. The number of rotatable bonds is 12. The van der Waals surface area contributed by atoms with E-state index in [9.17, 15) is 0 Å². The molecule has 102 valence electrons.